The number of aromatic nitrogens is 1. The number of nitrogens with zero attached hydrogens (tertiary/aromatic N) is 2. The Morgan fingerprint density at radius 2 is 2.29 bits per heavy atom. The van der Waals surface area contributed by atoms with E-state index in [4.69, 9.17) is 16.3 Å². The van der Waals surface area contributed by atoms with Crippen molar-refractivity contribution in [1.82, 2.24) is 10.3 Å². The van der Waals surface area contributed by atoms with Crippen LogP contribution in [0.2, 0.25) is 5.02 Å². The maximum Gasteiger partial charge on any atom is 0.128 e. The number of anilines is 1. The standard InChI is InChI=1S/C16H26ClN3O/c1-11(2)8-18-9-13-7-16(19-10-14(13)17)20(4)15-5-6-21-12(15)3/h7,10-12,15,18H,5-6,8-9H2,1-4H3. The third kappa shape index (κ3) is 4.31. The van der Waals surface area contributed by atoms with Crippen molar-refractivity contribution in [3.63, 3.8) is 0 Å². The minimum absolute atomic E-state index is 0.245. The van der Waals surface area contributed by atoms with Crippen molar-refractivity contribution in [1.29, 1.82) is 0 Å². The van der Waals surface area contributed by atoms with Gasteiger partial charge in [-0.2, -0.15) is 0 Å². The summed E-state index contributed by atoms with van der Waals surface area (Å²) in [6.07, 6.45) is 3.04. The van der Waals surface area contributed by atoms with Crippen molar-refractivity contribution >= 4 is 17.4 Å². The van der Waals surface area contributed by atoms with E-state index in [9.17, 15) is 0 Å². The normalized spacial score (nSPS) is 22.0. The molecule has 2 atom stereocenters. The Hall–Kier alpha value is -0.840. The van der Waals surface area contributed by atoms with Crippen LogP contribution < -0.4 is 10.2 Å². The molecule has 2 heterocycles. The first kappa shape index (κ1) is 16.5. The fourth-order valence-electron chi connectivity index (χ4n) is 2.69. The molecular weight excluding hydrogens is 286 g/mol. The second kappa shape index (κ2) is 7.43. The molecule has 1 aromatic heterocycles. The monoisotopic (exact) mass is 311 g/mol. The van der Waals surface area contributed by atoms with Crippen LogP contribution in [0.5, 0.6) is 0 Å². The van der Waals surface area contributed by atoms with Gasteiger partial charge in [-0.15, -0.1) is 0 Å². The van der Waals surface area contributed by atoms with E-state index in [-0.39, 0.29) is 6.10 Å². The smallest absolute Gasteiger partial charge is 0.128 e. The summed E-state index contributed by atoms with van der Waals surface area (Å²) in [5, 5.41) is 4.15. The summed E-state index contributed by atoms with van der Waals surface area (Å²) in [5.74, 6) is 1.59. The third-order valence-corrected chi connectivity index (χ3v) is 4.32. The Bertz CT molecular complexity index is 467. The van der Waals surface area contributed by atoms with Gasteiger partial charge < -0.3 is 15.0 Å². The van der Waals surface area contributed by atoms with Gasteiger partial charge in [0.25, 0.3) is 0 Å². The fourth-order valence-corrected chi connectivity index (χ4v) is 2.86. The maximum atomic E-state index is 6.26. The Morgan fingerprint density at radius 1 is 1.52 bits per heavy atom. The van der Waals surface area contributed by atoms with Crippen molar-refractivity contribution in [2.24, 2.45) is 5.92 Å². The summed E-state index contributed by atoms with van der Waals surface area (Å²) in [6.45, 7) is 9.10. The van der Waals surface area contributed by atoms with Gasteiger partial charge >= 0.3 is 0 Å². The Kier molecular flexibility index (Phi) is 5.85. The van der Waals surface area contributed by atoms with Gasteiger partial charge in [0.1, 0.15) is 5.82 Å². The topological polar surface area (TPSA) is 37.4 Å². The molecule has 0 radical (unpaired) electrons. The molecule has 0 aromatic carbocycles. The highest BCUT2D eigenvalue weighted by Gasteiger charge is 2.28. The number of rotatable bonds is 6. The van der Waals surface area contributed by atoms with E-state index in [1.807, 2.05) is 0 Å². The highest BCUT2D eigenvalue weighted by atomic mass is 35.5. The van der Waals surface area contributed by atoms with E-state index in [1.54, 1.807) is 6.20 Å². The van der Waals surface area contributed by atoms with Crippen molar-refractivity contribution in [3.8, 4) is 0 Å². The molecule has 118 valence electrons. The number of halogens is 1. The van der Waals surface area contributed by atoms with E-state index >= 15 is 0 Å². The molecular formula is C16H26ClN3O. The average molecular weight is 312 g/mol. The first-order valence-corrected chi connectivity index (χ1v) is 8.06. The molecule has 1 aliphatic rings. The van der Waals surface area contributed by atoms with Crippen LogP contribution in [-0.2, 0) is 11.3 Å². The lowest BCUT2D eigenvalue weighted by Gasteiger charge is -2.28. The zero-order valence-corrected chi connectivity index (χ0v) is 14.2. The SMILES string of the molecule is CC(C)CNCc1cc(N(C)C2CCOC2C)ncc1Cl. The lowest BCUT2D eigenvalue weighted by atomic mass is 10.1. The van der Waals surface area contributed by atoms with Gasteiger partial charge in [-0.1, -0.05) is 25.4 Å². The number of hydrogen-bond donors (Lipinski definition) is 1. The van der Waals surface area contributed by atoms with Crippen molar-refractivity contribution in [2.45, 2.75) is 45.9 Å². The Morgan fingerprint density at radius 3 is 2.90 bits per heavy atom. The van der Waals surface area contributed by atoms with Crippen LogP contribution in [0.4, 0.5) is 5.82 Å². The molecule has 1 saturated heterocycles. The van der Waals surface area contributed by atoms with Crippen LogP contribution in [0.1, 0.15) is 32.8 Å². The first-order chi connectivity index (χ1) is 9.99. The lowest BCUT2D eigenvalue weighted by Crippen LogP contribution is -2.37. The highest BCUT2D eigenvalue weighted by molar-refractivity contribution is 6.31. The van der Waals surface area contributed by atoms with Crippen LogP contribution in [-0.4, -0.2) is 37.3 Å². The van der Waals surface area contributed by atoms with E-state index in [1.165, 1.54) is 0 Å². The van der Waals surface area contributed by atoms with Crippen LogP contribution in [0.3, 0.4) is 0 Å². The number of ether oxygens (including phenoxy) is 1. The predicted octanol–water partition coefficient (Wildman–Crippen LogP) is 3.09. The van der Waals surface area contributed by atoms with Crippen LogP contribution in [0.15, 0.2) is 12.3 Å². The number of nitrogens with one attached hydrogen (secondary N) is 1. The number of hydrogen-bond acceptors (Lipinski definition) is 4. The predicted molar refractivity (Wildman–Crippen MR) is 88.0 cm³/mol. The summed E-state index contributed by atoms with van der Waals surface area (Å²) in [6, 6.07) is 2.47. The fraction of sp³-hybridized carbons (Fsp3) is 0.688. The van der Waals surface area contributed by atoms with Gasteiger partial charge in [-0.05, 0) is 37.4 Å². The summed E-state index contributed by atoms with van der Waals surface area (Å²) in [4.78, 5) is 6.68. The highest BCUT2D eigenvalue weighted by Crippen LogP contribution is 2.25. The minimum atomic E-state index is 0.245. The van der Waals surface area contributed by atoms with E-state index in [0.717, 1.165) is 42.5 Å². The third-order valence-electron chi connectivity index (χ3n) is 3.98. The first-order valence-electron chi connectivity index (χ1n) is 7.68. The van der Waals surface area contributed by atoms with Crippen LogP contribution >= 0.6 is 11.6 Å². The van der Waals surface area contributed by atoms with Gasteiger partial charge in [0, 0.05) is 26.4 Å². The molecule has 5 heteroatoms. The summed E-state index contributed by atoms with van der Waals surface area (Å²) < 4.78 is 5.65. The molecule has 21 heavy (non-hydrogen) atoms. The average Bonchev–Trinajstić information content (AvgIpc) is 2.86. The molecule has 2 rings (SSSR count). The van der Waals surface area contributed by atoms with Gasteiger partial charge in [0.05, 0.1) is 17.2 Å². The molecule has 0 spiro atoms. The molecule has 2 unspecified atom stereocenters. The van der Waals surface area contributed by atoms with Gasteiger partial charge in [0.2, 0.25) is 0 Å². The van der Waals surface area contributed by atoms with Crippen LogP contribution in [0.25, 0.3) is 0 Å². The molecule has 1 N–H and O–H groups in total. The summed E-state index contributed by atoms with van der Waals surface area (Å²) in [7, 11) is 2.08. The molecule has 1 aromatic rings. The van der Waals surface area contributed by atoms with Gasteiger partial charge in [-0.3, -0.25) is 0 Å². The van der Waals surface area contributed by atoms with Gasteiger partial charge in [0.15, 0.2) is 0 Å². The van der Waals surface area contributed by atoms with Gasteiger partial charge in [-0.25, -0.2) is 4.98 Å². The Labute approximate surface area is 132 Å². The minimum Gasteiger partial charge on any atom is -0.376 e. The molecule has 0 amide bonds. The van der Waals surface area contributed by atoms with E-state index in [2.05, 4.69) is 49.1 Å². The molecule has 0 bridgehead atoms. The molecule has 4 nitrogen and oxygen atoms in total. The zero-order valence-electron chi connectivity index (χ0n) is 13.4. The Balaban J connectivity index is 2.06. The van der Waals surface area contributed by atoms with E-state index < -0.39 is 0 Å². The molecule has 1 aliphatic heterocycles. The van der Waals surface area contributed by atoms with Crippen molar-refractivity contribution in [3.05, 3.63) is 22.8 Å². The maximum absolute atomic E-state index is 6.26. The second-order valence-corrected chi connectivity index (χ2v) is 6.61. The molecule has 0 aliphatic carbocycles. The molecule has 0 saturated carbocycles. The van der Waals surface area contributed by atoms with Crippen molar-refractivity contribution < 1.29 is 4.74 Å². The quantitative estimate of drug-likeness (QED) is 0.876. The zero-order chi connectivity index (χ0) is 15.4. The lowest BCUT2D eigenvalue weighted by molar-refractivity contribution is 0.118. The van der Waals surface area contributed by atoms with Crippen LogP contribution in [0, 0.1) is 5.92 Å². The number of likely N-dealkylation sites (N-methyl/N-ethyl adjacent to an activating group) is 1. The summed E-state index contributed by atoms with van der Waals surface area (Å²) >= 11 is 6.26. The van der Waals surface area contributed by atoms with E-state index in [0.29, 0.717) is 12.0 Å². The molecule has 1 fully saturated rings. The number of pyridine rings is 1. The second-order valence-electron chi connectivity index (χ2n) is 6.20. The summed E-state index contributed by atoms with van der Waals surface area (Å²) in [5.41, 5.74) is 1.10. The van der Waals surface area contributed by atoms with Crippen molar-refractivity contribution in [2.75, 3.05) is 25.1 Å². The largest absolute Gasteiger partial charge is 0.376 e.